The van der Waals surface area contributed by atoms with E-state index in [1.165, 1.54) is 96.3 Å². The van der Waals surface area contributed by atoms with Crippen LogP contribution in [0.3, 0.4) is 0 Å². The number of primary amides is 1. The number of aliphatic hydroxyl groups is 2. The van der Waals surface area contributed by atoms with Gasteiger partial charge in [0.25, 0.3) is 0 Å². The number of amides is 2. The fourth-order valence-electron chi connectivity index (χ4n) is 3.60. The molecule has 0 aromatic carbocycles. The molecule has 36 heavy (non-hydrogen) atoms. The molecule has 0 saturated carbocycles. The highest BCUT2D eigenvalue weighted by molar-refractivity contribution is 5.75. The smallest absolute Gasteiger partial charge is 0.219 e. The molecular weight excluding hydrogens is 454 g/mol. The van der Waals surface area contributed by atoms with Crippen LogP contribution in [-0.4, -0.2) is 48.3 Å². The minimum Gasteiger partial charge on any atom is -0.396 e. The summed E-state index contributed by atoms with van der Waals surface area (Å²) in [6.07, 6.45) is 24.9. The fraction of sp³-hybridized carbons (Fsp3) is 0.931. The highest BCUT2D eigenvalue weighted by atomic mass is 16.3. The van der Waals surface area contributed by atoms with Crippen molar-refractivity contribution in [1.82, 2.24) is 5.32 Å². The summed E-state index contributed by atoms with van der Waals surface area (Å²) in [6, 6.07) is 0. The standard InChI is InChI=1S/C15H31NO2.C12H25NO.C2H7NO/c1-2-3-4-5-6-7-8-9-10-12-15(18)16-13-11-14-17;1-2-3-4-5-6-7-8-9-10-11-12(13)14;3-1-2-4/h17H,2-14H2,1H3,(H,16,18);2-11H2,1H3,(H2,13,14);4H,1-3H2. The number of unbranched alkanes of at least 4 members (excludes halogenated alkanes) is 16. The molecule has 0 aliphatic rings. The minimum absolute atomic E-state index is 0.0972. The van der Waals surface area contributed by atoms with Crippen LogP contribution < -0.4 is 16.8 Å². The van der Waals surface area contributed by atoms with Gasteiger partial charge in [0.05, 0.1) is 6.61 Å². The Morgan fingerprint density at radius 2 is 0.944 bits per heavy atom. The maximum Gasteiger partial charge on any atom is 0.219 e. The van der Waals surface area contributed by atoms with Crippen molar-refractivity contribution in [2.75, 3.05) is 26.3 Å². The van der Waals surface area contributed by atoms with Crippen LogP contribution in [0, 0.1) is 0 Å². The van der Waals surface area contributed by atoms with Crippen LogP contribution in [0.4, 0.5) is 0 Å². The first-order valence-corrected chi connectivity index (χ1v) is 15.0. The second-order valence-corrected chi connectivity index (χ2v) is 9.56. The number of hydrogen-bond donors (Lipinski definition) is 5. The quantitative estimate of drug-likeness (QED) is 0.104. The predicted molar refractivity (Wildman–Crippen MR) is 154 cm³/mol. The average Bonchev–Trinajstić information content (AvgIpc) is 2.87. The van der Waals surface area contributed by atoms with Gasteiger partial charge in [-0.1, -0.05) is 117 Å². The zero-order valence-electron chi connectivity index (χ0n) is 24.0. The number of carbonyl (C=O) groups excluding carboxylic acids is 2. The van der Waals surface area contributed by atoms with Crippen LogP contribution in [0.15, 0.2) is 0 Å². The Labute approximate surface area is 223 Å². The number of nitrogens with two attached hydrogens (primary N) is 2. The Morgan fingerprint density at radius 1 is 0.583 bits per heavy atom. The number of nitrogens with one attached hydrogen (secondary N) is 1. The van der Waals surface area contributed by atoms with Gasteiger partial charge in [0.1, 0.15) is 0 Å². The van der Waals surface area contributed by atoms with Gasteiger partial charge in [-0.25, -0.2) is 0 Å². The molecule has 218 valence electrons. The molecule has 0 spiro atoms. The summed E-state index contributed by atoms with van der Waals surface area (Å²) in [6.45, 7) is 5.71. The van der Waals surface area contributed by atoms with Crippen molar-refractivity contribution in [2.24, 2.45) is 11.5 Å². The average molecular weight is 518 g/mol. The fourth-order valence-corrected chi connectivity index (χ4v) is 3.60. The molecule has 0 aliphatic heterocycles. The van der Waals surface area contributed by atoms with E-state index in [1.54, 1.807) is 0 Å². The van der Waals surface area contributed by atoms with Crippen molar-refractivity contribution in [2.45, 2.75) is 149 Å². The molecule has 0 aromatic heterocycles. The van der Waals surface area contributed by atoms with Crippen LogP contribution in [0.25, 0.3) is 0 Å². The molecule has 0 bridgehead atoms. The lowest BCUT2D eigenvalue weighted by Crippen LogP contribution is -2.24. The van der Waals surface area contributed by atoms with Gasteiger partial charge in [-0.05, 0) is 19.3 Å². The molecule has 0 rings (SSSR count). The van der Waals surface area contributed by atoms with Crippen LogP contribution in [0.1, 0.15) is 149 Å². The first-order valence-electron chi connectivity index (χ1n) is 15.0. The van der Waals surface area contributed by atoms with E-state index in [4.69, 9.17) is 21.7 Å². The van der Waals surface area contributed by atoms with E-state index < -0.39 is 0 Å². The molecule has 0 aromatic rings. The summed E-state index contributed by atoms with van der Waals surface area (Å²) in [5, 5.41) is 19.1. The molecule has 0 fully saturated rings. The summed E-state index contributed by atoms with van der Waals surface area (Å²) in [5.41, 5.74) is 9.83. The second-order valence-electron chi connectivity index (χ2n) is 9.56. The predicted octanol–water partition coefficient (Wildman–Crippen LogP) is 5.74. The first kappa shape index (κ1) is 39.3. The normalized spacial score (nSPS) is 10.1. The monoisotopic (exact) mass is 517 g/mol. The van der Waals surface area contributed by atoms with Crippen LogP contribution in [0.5, 0.6) is 0 Å². The van der Waals surface area contributed by atoms with Gasteiger partial charge in [0.15, 0.2) is 0 Å². The topological polar surface area (TPSA) is 139 Å². The molecule has 7 nitrogen and oxygen atoms in total. The Hall–Kier alpha value is -1.18. The van der Waals surface area contributed by atoms with Gasteiger partial charge >= 0.3 is 0 Å². The third kappa shape index (κ3) is 46.2. The summed E-state index contributed by atoms with van der Waals surface area (Å²) in [7, 11) is 0. The number of carbonyl (C=O) groups is 2. The lowest BCUT2D eigenvalue weighted by atomic mass is 10.1. The molecule has 7 heteroatoms. The minimum atomic E-state index is -0.159. The Bertz CT molecular complexity index is 421. The molecule has 0 unspecified atom stereocenters. The molecule has 7 N–H and O–H groups in total. The second kappa shape index (κ2) is 38.4. The zero-order valence-corrected chi connectivity index (χ0v) is 24.0. The maximum atomic E-state index is 11.3. The molecule has 0 atom stereocenters. The van der Waals surface area contributed by atoms with Crippen molar-refractivity contribution in [3.63, 3.8) is 0 Å². The highest BCUT2D eigenvalue weighted by Gasteiger charge is 2.00. The van der Waals surface area contributed by atoms with Crippen molar-refractivity contribution in [3.8, 4) is 0 Å². The third-order valence-electron chi connectivity index (χ3n) is 5.82. The van der Waals surface area contributed by atoms with E-state index in [1.807, 2.05) is 0 Å². The Balaban J connectivity index is -0.000000538. The maximum absolute atomic E-state index is 11.3. The largest absolute Gasteiger partial charge is 0.396 e. The molecular formula is C29H63N3O4. The highest BCUT2D eigenvalue weighted by Crippen LogP contribution is 2.11. The SMILES string of the molecule is CCCCCCCCCCCC(=O)NCCCO.CCCCCCCCCCCC(N)=O.NCCO. The van der Waals surface area contributed by atoms with E-state index in [-0.39, 0.29) is 25.0 Å². The van der Waals surface area contributed by atoms with Crippen molar-refractivity contribution in [1.29, 1.82) is 0 Å². The van der Waals surface area contributed by atoms with E-state index in [0.717, 1.165) is 19.3 Å². The zero-order chi connectivity index (χ0) is 27.5. The lowest BCUT2D eigenvalue weighted by molar-refractivity contribution is -0.121. The van der Waals surface area contributed by atoms with E-state index >= 15 is 0 Å². The summed E-state index contributed by atoms with van der Waals surface area (Å²) in [5.74, 6) is -0.0284. The van der Waals surface area contributed by atoms with E-state index in [0.29, 0.717) is 32.4 Å². The van der Waals surface area contributed by atoms with Gasteiger partial charge in [-0.15, -0.1) is 0 Å². The number of rotatable bonds is 24. The molecule has 0 saturated heterocycles. The summed E-state index contributed by atoms with van der Waals surface area (Å²) >= 11 is 0. The van der Waals surface area contributed by atoms with Crippen molar-refractivity contribution in [3.05, 3.63) is 0 Å². The van der Waals surface area contributed by atoms with Gasteiger partial charge < -0.3 is 27.0 Å². The number of aliphatic hydroxyl groups excluding tert-OH is 2. The van der Waals surface area contributed by atoms with E-state index in [2.05, 4.69) is 19.2 Å². The lowest BCUT2D eigenvalue weighted by Gasteiger charge is -2.04. The molecule has 0 heterocycles. The molecule has 0 aliphatic carbocycles. The molecule has 2 amide bonds. The number of hydrogen-bond acceptors (Lipinski definition) is 5. The third-order valence-corrected chi connectivity index (χ3v) is 5.82. The van der Waals surface area contributed by atoms with Crippen LogP contribution in [0.2, 0.25) is 0 Å². The van der Waals surface area contributed by atoms with Gasteiger partial charge in [-0.2, -0.15) is 0 Å². The summed E-state index contributed by atoms with van der Waals surface area (Å²) in [4.78, 5) is 21.8. The van der Waals surface area contributed by atoms with Gasteiger partial charge in [-0.3, -0.25) is 9.59 Å². The van der Waals surface area contributed by atoms with Gasteiger partial charge in [0.2, 0.25) is 11.8 Å². The van der Waals surface area contributed by atoms with Crippen LogP contribution in [-0.2, 0) is 9.59 Å². The van der Waals surface area contributed by atoms with Crippen LogP contribution >= 0.6 is 0 Å². The van der Waals surface area contributed by atoms with E-state index in [9.17, 15) is 9.59 Å². The van der Waals surface area contributed by atoms with Crippen molar-refractivity contribution >= 4 is 11.8 Å². The van der Waals surface area contributed by atoms with Crippen molar-refractivity contribution < 1.29 is 19.8 Å². The Morgan fingerprint density at radius 3 is 1.28 bits per heavy atom. The summed E-state index contributed by atoms with van der Waals surface area (Å²) < 4.78 is 0. The first-order chi connectivity index (χ1) is 17.5. The Kier molecular flexibility index (Phi) is 41.9. The van der Waals surface area contributed by atoms with Gasteiger partial charge in [0, 0.05) is 32.5 Å². The molecule has 0 radical (unpaired) electrons.